The van der Waals surface area contributed by atoms with Gasteiger partial charge in [0.1, 0.15) is 0 Å². The van der Waals surface area contributed by atoms with E-state index < -0.39 is 0 Å². The first-order chi connectivity index (χ1) is 29.8. The Kier molecular flexibility index (Phi) is 5.74. The first-order valence-electron chi connectivity index (χ1n) is 20.4. The van der Waals surface area contributed by atoms with Gasteiger partial charge in [0, 0.05) is 53.2 Å². The molecule has 9 aromatic carbocycles. The van der Waals surface area contributed by atoms with Gasteiger partial charge in [-0.2, -0.15) is 4.98 Å². The monoisotopic (exact) mass is 779 g/mol. The van der Waals surface area contributed by atoms with Gasteiger partial charge in [0.05, 0.1) is 48.8 Å². The van der Waals surface area contributed by atoms with Crippen molar-refractivity contribution >= 4 is 135 Å². The predicted molar refractivity (Wildman–Crippen MR) is 253 cm³/mol. The van der Waals surface area contributed by atoms with Crippen molar-refractivity contribution in [3.8, 4) is 11.8 Å². The SMILES string of the molecule is c1ccc2cc3c(cc2c1)c1cc2c4ccccc4n(-c4nc(-n5c6ccccc6c6c7ccccc7ccc65)nc5c4sc4ccccc45)c2c2c4ccccc4n3c12. The van der Waals surface area contributed by atoms with Gasteiger partial charge in [-0.25, -0.2) is 4.98 Å². The highest BCUT2D eigenvalue weighted by molar-refractivity contribution is 7.26. The van der Waals surface area contributed by atoms with E-state index in [9.17, 15) is 0 Å². The molecule has 0 aliphatic carbocycles. The van der Waals surface area contributed by atoms with Crippen LogP contribution >= 0.6 is 11.3 Å². The minimum absolute atomic E-state index is 0.659. The van der Waals surface area contributed by atoms with E-state index >= 15 is 0 Å². The lowest BCUT2D eigenvalue weighted by molar-refractivity contribution is 0.977. The van der Waals surface area contributed by atoms with Crippen LogP contribution in [0, 0.1) is 0 Å². The number of thiophene rings is 1. The van der Waals surface area contributed by atoms with Crippen LogP contribution in [-0.4, -0.2) is 23.5 Å². The Hall–Kier alpha value is -7.80. The molecule has 15 aromatic rings. The molecule has 15 rings (SSSR count). The maximum Gasteiger partial charge on any atom is 0.237 e. The Morgan fingerprint density at radius 3 is 1.80 bits per heavy atom. The zero-order chi connectivity index (χ0) is 38.8. The van der Waals surface area contributed by atoms with Crippen LogP contribution in [-0.2, 0) is 0 Å². The number of nitrogens with zero attached hydrogens (tertiary/aromatic N) is 5. The van der Waals surface area contributed by atoms with Gasteiger partial charge in [-0.1, -0.05) is 127 Å². The van der Waals surface area contributed by atoms with Crippen LogP contribution in [0.15, 0.2) is 176 Å². The van der Waals surface area contributed by atoms with Crippen molar-refractivity contribution < 1.29 is 0 Å². The third-order valence-electron chi connectivity index (χ3n) is 13.1. The molecule has 0 fully saturated rings. The number of benzene rings is 9. The minimum atomic E-state index is 0.659. The summed E-state index contributed by atoms with van der Waals surface area (Å²) in [5.74, 6) is 1.55. The van der Waals surface area contributed by atoms with E-state index in [4.69, 9.17) is 9.97 Å². The Morgan fingerprint density at radius 1 is 0.367 bits per heavy atom. The molecule has 0 bridgehead atoms. The van der Waals surface area contributed by atoms with E-state index in [1.165, 1.54) is 91.4 Å². The molecular weight excluding hydrogens is 751 g/mol. The first kappa shape index (κ1) is 31.2. The zero-order valence-electron chi connectivity index (χ0n) is 31.9. The van der Waals surface area contributed by atoms with E-state index in [-0.39, 0.29) is 0 Å². The number of aromatic nitrogens is 5. The highest BCUT2D eigenvalue weighted by Gasteiger charge is 2.27. The van der Waals surface area contributed by atoms with Crippen molar-refractivity contribution in [3.05, 3.63) is 176 Å². The molecule has 6 heterocycles. The molecule has 60 heavy (non-hydrogen) atoms. The number of para-hydroxylation sites is 3. The molecule has 0 spiro atoms. The lowest BCUT2D eigenvalue weighted by atomic mass is 10.0. The molecule has 0 aliphatic rings. The average molecular weight is 780 g/mol. The van der Waals surface area contributed by atoms with Gasteiger partial charge in [-0.3, -0.25) is 9.13 Å². The van der Waals surface area contributed by atoms with Crippen molar-refractivity contribution in [3.63, 3.8) is 0 Å². The van der Waals surface area contributed by atoms with Crippen LogP contribution in [0.25, 0.3) is 135 Å². The van der Waals surface area contributed by atoms with Crippen molar-refractivity contribution in [2.24, 2.45) is 0 Å². The summed E-state index contributed by atoms with van der Waals surface area (Å²) in [5, 5.41) is 15.9. The smallest absolute Gasteiger partial charge is 0.237 e. The molecule has 276 valence electrons. The molecule has 0 saturated heterocycles. The average Bonchev–Trinajstić information content (AvgIpc) is 4.10. The van der Waals surface area contributed by atoms with Crippen LogP contribution in [0.4, 0.5) is 0 Å². The van der Waals surface area contributed by atoms with Crippen molar-refractivity contribution in [2.75, 3.05) is 0 Å². The summed E-state index contributed by atoms with van der Waals surface area (Å²) in [5.41, 5.74) is 9.11. The Balaban J connectivity index is 1.16. The van der Waals surface area contributed by atoms with Gasteiger partial charge in [0.25, 0.3) is 0 Å². The molecule has 6 heteroatoms. The van der Waals surface area contributed by atoms with E-state index in [1.807, 2.05) is 0 Å². The summed E-state index contributed by atoms with van der Waals surface area (Å²) in [6, 6.07) is 64.3. The topological polar surface area (TPSA) is 40.0 Å². The van der Waals surface area contributed by atoms with Crippen molar-refractivity contribution in [1.29, 1.82) is 0 Å². The highest BCUT2D eigenvalue weighted by Crippen LogP contribution is 2.48. The lowest BCUT2D eigenvalue weighted by Crippen LogP contribution is -2.06. The fraction of sp³-hybridized carbons (Fsp3) is 0. The van der Waals surface area contributed by atoms with Gasteiger partial charge in [0.15, 0.2) is 5.82 Å². The molecule has 6 aromatic heterocycles. The van der Waals surface area contributed by atoms with Gasteiger partial charge in [0.2, 0.25) is 5.95 Å². The fourth-order valence-electron chi connectivity index (χ4n) is 10.7. The summed E-state index contributed by atoms with van der Waals surface area (Å²) in [6.07, 6.45) is 0. The Bertz CT molecular complexity index is 4370. The second-order valence-electron chi connectivity index (χ2n) is 16.1. The van der Waals surface area contributed by atoms with Crippen LogP contribution in [0.1, 0.15) is 0 Å². The lowest BCUT2D eigenvalue weighted by Gasteiger charge is -2.13. The molecule has 0 N–H and O–H groups in total. The molecule has 5 nitrogen and oxygen atoms in total. The number of rotatable bonds is 2. The number of hydrogen-bond donors (Lipinski definition) is 0. The maximum absolute atomic E-state index is 5.79. The van der Waals surface area contributed by atoms with E-state index in [0.717, 1.165) is 38.0 Å². The molecule has 0 saturated carbocycles. The summed E-state index contributed by atoms with van der Waals surface area (Å²) in [4.78, 5) is 11.3. The summed E-state index contributed by atoms with van der Waals surface area (Å²) >= 11 is 1.78. The Labute approximate surface area is 344 Å². The maximum atomic E-state index is 5.79. The molecule has 0 amide bonds. The van der Waals surface area contributed by atoms with Gasteiger partial charge < -0.3 is 4.40 Å². The standard InChI is InChI=1S/C54H29N5S/c1-2-15-32-28-45-38(27-31(32)14-1)40-29-39-34-17-5-9-21-41(34)59(51(39)48-36-19-7-10-22-42(36)57(45)50(40)48)53-52-49(37-20-8-12-24-46(37)60-52)55-54(56-53)58-43-23-11-6-18-35(43)47-33-16-4-3-13-30(33)25-26-44(47)58/h1-29H. The highest BCUT2D eigenvalue weighted by atomic mass is 32.1. The van der Waals surface area contributed by atoms with Crippen molar-refractivity contribution in [2.45, 2.75) is 0 Å². The van der Waals surface area contributed by atoms with E-state index in [0.29, 0.717) is 5.95 Å². The van der Waals surface area contributed by atoms with Crippen LogP contribution < -0.4 is 0 Å². The fourth-order valence-corrected chi connectivity index (χ4v) is 11.8. The predicted octanol–water partition coefficient (Wildman–Crippen LogP) is 14.5. The quantitative estimate of drug-likeness (QED) is 0.175. The normalized spacial score (nSPS) is 12.7. The van der Waals surface area contributed by atoms with Gasteiger partial charge in [-0.15, -0.1) is 11.3 Å². The van der Waals surface area contributed by atoms with E-state index in [1.54, 1.807) is 11.3 Å². The van der Waals surface area contributed by atoms with Crippen LogP contribution in [0.2, 0.25) is 0 Å². The first-order valence-corrected chi connectivity index (χ1v) is 21.2. The molecule has 0 unspecified atom stereocenters. The Morgan fingerprint density at radius 2 is 0.983 bits per heavy atom. The summed E-state index contributed by atoms with van der Waals surface area (Å²) in [6.45, 7) is 0. The molecule has 0 radical (unpaired) electrons. The second-order valence-corrected chi connectivity index (χ2v) is 17.2. The third kappa shape index (κ3) is 3.78. The van der Waals surface area contributed by atoms with Crippen molar-refractivity contribution in [1.82, 2.24) is 23.5 Å². The second kappa shape index (κ2) is 11.0. The number of fused-ring (bicyclic) bond motifs is 19. The van der Waals surface area contributed by atoms with Crippen LogP contribution in [0.3, 0.4) is 0 Å². The molecule has 0 aliphatic heterocycles. The van der Waals surface area contributed by atoms with E-state index in [2.05, 4.69) is 189 Å². The zero-order valence-corrected chi connectivity index (χ0v) is 32.7. The van der Waals surface area contributed by atoms with Crippen LogP contribution in [0.5, 0.6) is 0 Å². The summed E-state index contributed by atoms with van der Waals surface area (Å²) in [7, 11) is 0. The largest absolute Gasteiger partial charge is 0.308 e. The van der Waals surface area contributed by atoms with Gasteiger partial charge >= 0.3 is 0 Å². The number of hydrogen-bond acceptors (Lipinski definition) is 3. The molecule has 0 atom stereocenters. The van der Waals surface area contributed by atoms with Gasteiger partial charge in [-0.05, 0) is 70.1 Å². The minimum Gasteiger partial charge on any atom is -0.308 e. The molecular formula is C54H29N5S. The summed E-state index contributed by atoms with van der Waals surface area (Å²) < 4.78 is 9.52. The third-order valence-corrected chi connectivity index (χ3v) is 14.3.